The third-order valence-corrected chi connectivity index (χ3v) is 5.70. The smallest absolute Gasteiger partial charge is 0.239 e. The summed E-state index contributed by atoms with van der Waals surface area (Å²) < 4.78 is 24.7. The first kappa shape index (κ1) is 17.2. The Hall–Kier alpha value is -2.62. The van der Waals surface area contributed by atoms with Crippen LogP contribution in [0.4, 0.5) is 5.69 Å². The summed E-state index contributed by atoms with van der Waals surface area (Å²) in [5.74, 6) is 5.88. The lowest BCUT2D eigenvalue weighted by Crippen LogP contribution is -2.34. The van der Waals surface area contributed by atoms with Gasteiger partial charge in [0, 0.05) is 23.4 Å². The molecule has 1 aliphatic rings. The molecular formula is C19H18N2O3S. The standard InChI is InChI=1S/C19H18N2O3S/c22-19(15-21-12-5-13-25(21,23)24)20-18-9-4-8-17(14-18)11-10-16-6-2-1-3-7-16/h1-4,6-9,14H,5,12-13,15H2,(H,20,22). The Morgan fingerprint density at radius 2 is 1.76 bits per heavy atom. The number of hydrogen-bond acceptors (Lipinski definition) is 3. The lowest BCUT2D eigenvalue weighted by atomic mass is 10.1. The predicted octanol–water partition coefficient (Wildman–Crippen LogP) is 2.06. The van der Waals surface area contributed by atoms with Gasteiger partial charge in [0.25, 0.3) is 0 Å². The molecule has 1 heterocycles. The molecule has 0 aliphatic carbocycles. The third-order valence-electron chi connectivity index (χ3n) is 3.79. The summed E-state index contributed by atoms with van der Waals surface area (Å²) in [7, 11) is -3.27. The van der Waals surface area contributed by atoms with Crippen molar-refractivity contribution in [3.8, 4) is 11.8 Å². The van der Waals surface area contributed by atoms with Crippen LogP contribution < -0.4 is 5.32 Å². The fourth-order valence-electron chi connectivity index (χ4n) is 2.57. The van der Waals surface area contributed by atoms with Crippen molar-refractivity contribution in [2.75, 3.05) is 24.2 Å². The fourth-order valence-corrected chi connectivity index (χ4v) is 4.04. The van der Waals surface area contributed by atoms with Gasteiger partial charge in [0.05, 0.1) is 12.3 Å². The van der Waals surface area contributed by atoms with E-state index in [0.29, 0.717) is 18.7 Å². The average Bonchev–Trinajstić information content (AvgIpc) is 2.92. The quantitative estimate of drug-likeness (QED) is 0.858. The Bertz CT molecular complexity index is 928. The maximum absolute atomic E-state index is 12.1. The Morgan fingerprint density at radius 1 is 1.04 bits per heavy atom. The zero-order valence-electron chi connectivity index (χ0n) is 13.6. The molecule has 1 amide bonds. The van der Waals surface area contributed by atoms with E-state index >= 15 is 0 Å². The largest absolute Gasteiger partial charge is 0.325 e. The van der Waals surface area contributed by atoms with Gasteiger partial charge in [-0.3, -0.25) is 4.79 Å². The molecule has 0 saturated carbocycles. The summed E-state index contributed by atoms with van der Waals surface area (Å²) in [6, 6.07) is 16.8. The highest BCUT2D eigenvalue weighted by Crippen LogP contribution is 2.14. The molecular weight excluding hydrogens is 336 g/mol. The molecule has 0 aromatic heterocycles. The minimum atomic E-state index is -3.27. The summed E-state index contributed by atoms with van der Waals surface area (Å²) in [6.07, 6.45) is 0.570. The second-order valence-corrected chi connectivity index (χ2v) is 7.84. The van der Waals surface area contributed by atoms with Crippen LogP contribution in [0.1, 0.15) is 17.5 Å². The van der Waals surface area contributed by atoms with Crippen molar-refractivity contribution in [2.45, 2.75) is 6.42 Å². The number of nitrogens with one attached hydrogen (secondary N) is 1. The van der Waals surface area contributed by atoms with E-state index in [1.807, 2.05) is 36.4 Å². The van der Waals surface area contributed by atoms with E-state index < -0.39 is 10.0 Å². The van der Waals surface area contributed by atoms with Gasteiger partial charge in [-0.1, -0.05) is 36.1 Å². The second kappa shape index (κ2) is 7.51. The Balaban J connectivity index is 1.66. The number of hydrogen-bond donors (Lipinski definition) is 1. The monoisotopic (exact) mass is 354 g/mol. The molecule has 1 N–H and O–H groups in total. The van der Waals surface area contributed by atoms with Crippen LogP contribution >= 0.6 is 0 Å². The molecule has 2 aromatic carbocycles. The van der Waals surface area contributed by atoms with Gasteiger partial charge in [-0.05, 0) is 36.8 Å². The van der Waals surface area contributed by atoms with Crippen LogP contribution in [0.3, 0.4) is 0 Å². The number of anilines is 1. The fraction of sp³-hybridized carbons (Fsp3) is 0.211. The molecule has 3 rings (SSSR count). The highest BCUT2D eigenvalue weighted by atomic mass is 32.2. The van der Waals surface area contributed by atoms with Gasteiger partial charge in [-0.25, -0.2) is 8.42 Å². The number of nitrogens with zero attached hydrogens (tertiary/aromatic N) is 1. The Morgan fingerprint density at radius 3 is 2.48 bits per heavy atom. The summed E-state index contributed by atoms with van der Waals surface area (Å²) in [4.78, 5) is 12.1. The van der Waals surface area contributed by atoms with Crippen molar-refractivity contribution in [1.82, 2.24) is 4.31 Å². The van der Waals surface area contributed by atoms with E-state index in [1.54, 1.807) is 18.2 Å². The van der Waals surface area contributed by atoms with Crippen molar-refractivity contribution in [1.29, 1.82) is 0 Å². The maximum Gasteiger partial charge on any atom is 0.239 e. The summed E-state index contributed by atoms with van der Waals surface area (Å²) in [5.41, 5.74) is 2.29. The van der Waals surface area contributed by atoms with Gasteiger partial charge >= 0.3 is 0 Å². The average molecular weight is 354 g/mol. The minimum Gasteiger partial charge on any atom is -0.325 e. The van der Waals surface area contributed by atoms with Gasteiger partial charge < -0.3 is 5.32 Å². The number of amides is 1. The molecule has 128 valence electrons. The number of carbonyl (C=O) groups is 1. The zero-order chi connectivity index (χ0) is 17.7. The molecule has 0 unspecified atom stereocenters. The van der Waals surface area contributed by atoms with E-state index in [0.717, 1.165) is 11.1 Å². The van der Waals surface area contributed by atoms with Gasteiger partial charge in [-0.15, -0.1) is 0 Å². The maximum atomic E-state index is 12.1. The summed E-state index contributed by atoms with van der Waals surface area (Å²) >= 11 is 0. The summed E-state index contributed by atoms with van der Waals surface area (Å²) in [5, 5.41) is 2.73. The first-order valence-electron chi connectivity index (χ1n) is 7.98. The molecule has 1 fully saturated rings. The molecule has 6 heteroatoms. The number of rotatable bonds is 3. The van der Waals surface area contributed by atoms with Gasteiger partial charge in [0.15, 0.2) is 0 Å². The molecule has 0 radical (unpaired) electrons. The topological polar surface area (TPSA) is 66.5 Å². The lowest BCUT2D eigenvalue weighted by molar-refractivity contribution is -0.116. The molecule has 2 aromatic rings. The number of sulfonamides is 1. The minimum absolute atomic E-state index is 0.116. The van der Waals surface area contributed by atoms with E-state index in [2.05, 4.69) is 17.2 Å². The number of benzene rings is 2. The highest BCUT2D eigenvalue weighted by Gasteiger charge is 2.29. The summed E-state index contributed by atoms with van der Waals surface area (Å²) in [6.45, 7) is 0.251. The molecule has 5 nitrogen and oxygen atoms in total. The molecule has 1 aliphatic heterocycles. The third kappa shape index (κ3) is 4.69. The van der Waals surface area contributed by atoms with E-state index in [4.69, 9.17) is 0 Å². The van der Waals surface area contributed by atoms with Crippen molar-refractivity contribution < 1.29 is 13.2 Å². The van der Waals surface area contributed by atoms with Crippen molar-refractivity contribution in [3.05, 3.63) is 65.7 Å². The normalized spacial score (nSPS) is 16.0. The van der Waals surface area contributed by atoms with Crippen LogP contribution in [0, 0.1) is 11.8 Å². The van der Waals surface area contributed by atoms with Crippen molar-refractivity contribution in [2.24, 2.45) is 0 Å². The lowest BCUT2D eigenvalue weighted by Gasteiger charge is -2.13. The van der Waals surface area contributed by atoms with Gasteiger partial charge in [0.2, 0.25) is 15.9 Å². The Labute approximate surface area is 147 Å². The van der Waals surface area contributed by atoms with Crippen LogP contribution in [0.5, 0.6) is 0 Å². The second-order valence-electron chi connectivity index (χ2n) is 5.75. The van der Waals surface area contributed by atoms with Crippen molar-refractivity contribution >= 4 is 21.6 Å². The van der Waals surface area contributed by atoms with Crippen LogP contribution in [-0.4, -0.2) is 37.5 Å². The molecule has 1 saturated heterocycles. The SMILES string of the molecule is O=C(CN1CCCS1(=O)=O)Nc1cccc(C#Cc2ccccc2)c1. The van der Waals surface area contributed by atoms with E-state index in [9.17, 15) is 13.2 Å². The molecule has 0 atom stereocenters. The van der Waals surface area contributed by atoms with Gasteiger partial charge in [-0.2, -0.15) is 4.31 Å². The first-order chi connectivity index (χ1) is 12.0. The van der Waals surface area contributed by atoms with Crippen molar-refractivity contribution in [3.63, 3.8) is 0 Å². The number of carbonyl (C=O) groups excluding carboxylic acids is 1. The zero-order valence-corrected chi connectivity index (χ0v) is 14.4. The van der Waals surface area contributed by atoms with Crippen LogP contribution in [-0.2, 0) is 14.8 Å². The molecule has 25 heavy (non-hydrogen) atoms. The highest BCUT2D eigenvalue weighted by molar-refractivity contribution is 7.89. The predicted molar refractivity (Wildman–Crippen MR) is 97.5 cm³/mol. The van der Waals surface area contributed by atoms with Crippen LogP contribution in [0.15, 0.2) is 54.6 Å². The molecule has 0 bridgehead atoms. The van der Waals surface area contributed by atoms with E-state index in [-0.39, 0.29) is 18.2 Å². The Kier molecular flexibility index (Phi) is 5.17. The van der Waals surface area contributed by atoms with Gasteiger partial charge in [0.1, 0.15) is 0 Å². The first-order valence-corrected chi connectivity index (χ1v) is 9.59. The molecule has 0 spiro atoms. The van der Waals surface area contributed by atoms with Crippen LogP contribution in [0.25, 0.3) is 0 Å². The van der Waals surface area contributed by atoms with Crippen LogP contribution in [0.2, 0.25) is 0 Å². The van der Waals surface area contributed by atoms with E-state index in [1.165, 1.54) is 4.31 Å².